The normalized spacial score (nSPS) is 13.9. The Morgan fingerprint density at radius 1 is 0.696 bits per heavy atom. The number of hydrazone groups is 2. The molecule has 3 heterocycles. The Kier molecular flexibility index (Phi) is 11.0. The molecule has 0 spiro atoms. The van der Waals surface area contributed by atoms with Crippen LogP contribution < -0.4 is 15.6 Å². The van der Waals surface area contributed by atoms with Crippen molar-refractivity contribution in [3.8, 4) is 11.5 Å². The lowest BCUT2D eigenvalue weighted by atomic mass is 9.71. The predicted molar refractivity (Wildman–Crippen MR) is 195 cm³/mol. The van der Waals surface area contributed by atoms with E-state index in [0.717, 1.165) is 33.8 Å². The number of alkyl halides is 3. The highest BCUT2D eigenvalue weighted by Crippen LogP contribution is 2.52. The molecule has 5 rings (SSSR count). The van der Waals surface area contributed by atoms with Crippen LogP contribution in [0.4, 0.5) is 11.6 Å². The van der Waals surface area contributed by atoms with Gasteiger partial charge in [0, 0.05) is 40.1 Å². The van der Waals surface area contributed by atoms with Gasteiger partial charge in [-0.3, -0.25) is 10.9 Å². The van der Waals surface area contributed by atoms with Gasteiger partial charge in [-0.05, 0) is 58.4 Å². The monoisotopic (exact) mass is 678 g/mol. The lowest BCUT2D eigenvalue weighted by Gasteiger charge is -2.38. The van der Waals surface area contributed by atoms with Crippen LogP contribution in [-0.2, 0) is 16.2 Å². The summed E-state index contributed by atoms with van der Waals surface area (Å²) in [4.78, 5) is 8.63. The molecule has 0 aliphatic carbocycles. The van der Waals surface area contributed by atoms with Crippen molar-refractivity contribution < 1.29 is 4.74 Å². The number of anilines is 2. The first kappa shape index (κ1) is 35.2. The minimum Gasteiger partial charge on any atom is -0.455 e. The highest BCUT2D eigenvalue weighted by atomic mass is 35.6. The second kappa shape index (κ2) is 14.4. The van der Waals surface area contributed by atoms with Crippen LogP contribution in [0.3, 0.4) is 0 Å². The molecule has 7 nitrogen and oxygen atoms in total. The molecule has 1 aliphatic rings. The first-order valence-electron chi connectivity index (χ1n) is 15.0. The molecule has 0 saturated heterocycles. The number of rotatable bonds is 6. The summed E-state index contributed by atoms with van der Waals surface area (Å²) in [6.07, 6.45) is 7.12. The molecule has 1 aliphatic heterocycles. The van der Waals surface area contributed by atoms with E-state index in [0.29, 0.717) is 11.6 Å². The highest BCUT2D eigenvalue weighted by molar-refractivity contribution is 6.63. The molecule has 0 atom stereocenters. The fourth-order valence-corrected chi connectivity index (χ4v) is 4.96. The lowest BCUT2D eigenvalue weighted by molar-refractivity contribution is 0.413. The topological polar surface area (TPSA) is 83.8 Å². The second-order valence-corrected chi connectivity index (χ2v) is 15.5. The maximum atomic E-state index is 6.85. The standard InChI is InChI=1S/C35H40N6O.CHCl3/c1-33(2,3)25-17-23(21-38-40-29-13-9-11-15-36-29)31-27(19-25)35(7,8)28-20-26(34(4,5)6)18-24(32(28)42-31)22-39-41-30-14-10-12-16-37-30;2-1(3)4/h9-22H,1-8H3,(H,36,40)(H,37,41);1H/b38-21+,39-22+;. The molecular weight excluding hydrogens is 639 g/mol. The number of hydrogen-bond donors (Lipinski definition) is 2. The van der Waals surface area contributed by atoms with Gasteiger partial charge in [0.2, 0.25) is 0 Å². The van der Waals surface area contributed by atoms with Gasteiger partial charge in [-0.1, -0.05) is 114 Å². The summed E-state index contributed by atoms with van der Waals surface area (Å²) in [5.41, 5.74) is 12.1. The maximum absolute atomic E-state index is 6.85. The van der Waals surface area contributed by atoms with Gasteiger partial charge in [0.15, 0.2) is 4.30 Å². The van der Waals surface area contributed by atoms with Crippen LogP contribution in [0.5, 0.6) is 11.5 Å². The van der Waals surface area contributed by atoms with Crippen LogP contribution in [0.1, 0.15) is 88.8 Å². The highest BCUT2D eigenvalue weighted by Gasteiger charge is 2.38. The molecule has 4 aromatic rings. The van der Waals surface area contributed by atoms with Crippen LogP contribution in [0, 0.1) is 0 Å². The number of pyridine rings is 2. The molecule has 0 saturated carbocycles. The largest absolute Gasteiger partial charge is 0.455 e. The molecule has 0 radical (unpaired) electrons. The van der Waals surface area contributed by atoms with Crippen molar-refractivity contribution in [2.75, 3.05) is 10.9 Å². The van der Waals surface area contributed by atoms with Crippen molar-refractivity contribution >= 4 is 58.9 Å². The van der Waals surface area contributed by atoms with Crippen molar-refractivity contribution in [3.05, 3.63) is 106 Å². The van der Waals surface area contributed by atoms with E-state index in [-0.39, 0.29) is 16.2 Å². The van der Waals surface area contributed by atoms with Gasteiger partial charge in [-0.25, -0.2) is 9.97 Å². The number of hydrogen-bond acceptors (Lipinski definition) is 7. The molecule has 2 aromatic heterocycles. The minimum atomic E-state index is -0.750. The van der Waals surface area contributed by atoms with Gasteiger partial charge in [0.05, 0.1) is 12.4 Å². The number of fused-ring (bicyclic) bond motifs is 2. The summed E-state index contributed by atoms with van der Waals surface area (Å²) in [5, 5.41) is 9.08. The summed E-state index contributed by atoms with van der Waals surface area (Å²) in [5.74, 6) is 2.94. The van der Waals surface area contributed by atoms with Crippen LogP contribution in [0.2, 0.25) is 0 Å². The van der Waals surface area contributed by atoms with Crippen molar-refractivity contribution in [3.63, 3.8) is 0 Å². The van der Waals surface area contributed by atoms with Gasteiger partial charge in [0.25, 0.3) is 0 Å². The van der Waals surface area contributed by atoms with E-state index in [1.807, 2.05) is 48.8 Å². The number of nitrogens with zero attached hydrogens (tertiary/aromatic N) is 4. The van der Waals surface area contributed by atoms with Crippen LogP contribution >= 0.6 is 34.8 Å². The number of ether oxygens (including phenoxy) is 1. The molecular formula is C36H41Cl3N6O. The number of halogens is 3. The van der Waals surface area contributed by atoms with E-state index >= 15 is 0 Å². The maximum Gasteiger partial charge on any atom is 0.180 e. The van der Waals surface area contributed by atoms with E-state index < -0.39 is 4.30 Å². The Morgan fingerprint density at radius 3 is 1.41 bits per heavy atom. The fraction of sp³-hybridized carbons (Fsp3) is 0.333. The quantitative estimate of drug-likeness (QED) is 0.120. The first-order valence-corrected chi connectivity index (χ1v) is 16.3. The summed E-state index contributed by atoms with van der Waals surface area (Å²) in [6, 6.07) is 20.3. The molecule has 0 amide bonds. The Labute approximate surface area is 287 Å². The van der Waals surface area contributed by atoms with Crippen LogP contribution in [0.25, 0.3) is 0 Å². The predicted octanol–water partition coefficient (Wildman–Crippen LogP) is 10.4. The lowest BCUT2D eigenvalue weighted by Crippen LogP contribution is -2.28. The SMILES string of the molecule is CC(C)(C)c1cc(/C=N/Nc2ccccn2)c2c(c1)C(C)(C)c1cc(C(C)(C)C)cc(/C=N/Nc3ccccn3)c1O2.ClC(Cl)Cl. The van der Waals surface area contributed by atoms with Crippen molar-refractivity contribution in [1.82, 2.24) is 9.97 Å². The summed E-state index contributed by atoms with van der Waals surface area (Å²) in [6.45, 7) is 17.9. The third kappa shape index (κ3) is 8.78. The first-order chi connectivity index (χ1) is 21.6. The van der Waals surface area contributed by atoms with E-state index in [2.05, 4.69) is 111 Å². The van der Waals surface area contributed by atoms with Gasteiger partial charge in [-0.2, -0.15) is 10.2 Å². The Balaban J connectivity index is 0.00000113. The average Bonchev–Trinajstić information content (AvgIpc) is 2.97. The van der Waals surface area contributed by atoms with Crippen LogP contribution in [0.15, 0.2) is 83.3 Å². The van der Waals surface area contributed by atoms with Crippen LogP contribution in [-0.4, -0.2) is 26.7 Å². The molecule has 0 bridgehead atoms. The van der Waals surface area contributed by atoms with E-state index in [1.54, 1.807) is 12.4 Å². The van der Waals surface area contributed by atoms with Crippen molar-refractivity contribution in [2.24, 2.45) is 10.2 Å². The second-order valence-electron chi connectivity index (χ2n) is 13.5. The molecule has 46 heavy (non-hydrogen) atoms. The Hall–Kier alpha value is -3.65. The third-order valence-corrected chi connectivity index (χ3v) is 7.61. The third-order valence-electron chi connectivity index (χ3n) is 7.61. The fourth-order valence-electron chi connectivity index (χ4n) is 4.96. The molecule has 0 unspecified atom stereocenters. The van der Waals surface area contributed by atoms with Gasteiger partial charge in [-0.15, -0.1) is 0 Å². The van der Waals surface area contributed by atoms with Gasteiger partial charge >= 0.3 is 0 Å². The van der Waals surface area contributed by atoms with E-state index in [9.17, 15) is 0 Å². The number of benzene rings is 2. The van der Waals surface area contributed by atoms with E-state index in [4.69, 9.17) is 39.5 Å². The van der Waals surface area contributed by atoms with E-state index in [1.165, 1.54) is 11.1 Å². The van der Waals surface area contributed by atoms with Gasteiger partial charge < -0.3 is 4.74 Å². The molecule has 10 heteroatoms. The van der Waals surface area contributed by atoms with Crippen molar-refractivity contribution in [1.29, 1.82) is 0 Å². The number of aromatic nitrogens is 2. The van der Waals surface area contributed by atoms with Gasteiger partial charge in [0.1, 0.15) is 23.1 Å². The molecule has 242 valence electrons. The average molecular weight is 680 g/mol. The summed E-state index contributed by atoms with van der Waals surface area (Å²) in [7, 11) is 0. The smallest absolute Gasteiger partial charge is 0.180 e. The molecule has 0 fully saturated rings. The van der Waals surface area contributed by atoms with Crippen molar-refractivity contribution in [2.45, 2.75) is 75.9 Å². The number of nitrogens with one attached hydrogen (secondary N) is 2. The zero-order valence-electron chi connectivity index (χ0n) is 27.5. The molecule has 2 aromatic carbocycles. The Morgan fingerprint density at radius 2 is 1.09 bits per heavy atom. The minimum absolute atomic E-state index is 0.0649. The Bertz CT molecular complexity index is 1570. The summed E-state index contributed by atoms with van der Waals surface area (Å²) < 4.78 is 6.10. The molecule has 2 N–H and O–H groups in total. The summed E-state index contributed by atoms with van der Waals surface area (Å²) >= 11 is 14.4. The zero-order valence-corrected chi connectivity index (χ0v) is 29.8. The zero-order chi connectivity index (χ0) is 33.7.